The summed E-state index contributed by atoms with van der Waals surface area (Å²) in [5.74, 6) is -0.205. The van der Waals surface area contributed by atoms with Crippen LogP contribution in [0.15, 0.2) is 49.2 Å². The Morgan fingerprint density at radius 2 is 2.12 bits per heavy atom. The number of halogens is 1. The van der Waals surface area contributed by atoms with Crippen LogP contribution in [0.4, 0.5) is 5.69 Å². The van der Waals surface area contributed by atoms with Crippen molar-refractivity contribution in [2.75, 3.05) is 11.9 Å². The average Bonchev–Trinajstić information content (AvgIpc) is 2.64. The van der Waals surface area contributed by atoms with Crippen LogP contribution in [0.25, 0.3) is 11.8 Å². The maximum absolute atomic E-state index is 12.7. The van der Waals surface area contributed by atoms with E-state index in [-0.39, 0.29) is 18.6 Å². The van der Waals surface area contributed by atoms with Crippen molar-refractivity contribution in [3.05, 3.63) is 76.5 Å². The summed E-state index contributed by atoms with van der Waals surface area (Å²) in [4.78, 5) is 14.6. The van der Waals surface area contributed by atoms with E-state index in [1.807, 2.05) is 55.3 Å². The first kappa shape index (κ1) is 18.2. The second kappa shape index (κ2) is 7.36. The average molecular weight is 369 g/mol. The molecule has 4 nitrogen and oxygen atoms in total. The molecule has 5 heteroatoms. The highest BCUT2D eigenvalue weighted by Crippen LogP contribution is 2.34. The number of aliphatic hydroxyl groups excluding tert-OH is 1. The van der Waals surface area contributed by atoms with Crippen molar-refractivity contribution in [3.8, 4) is 0 Å². The SMILES string of the molecule is C=C1c2cccc(NC(=O)c3cc(Cl)ccc3C)c2C=CN1C(C)CO. The zero-order valence-electron chi connectivity index (χ0n) is 14.8. The molecule has 0 aromatic heterocycles. The molecule has 2 aromatic carbocycles. The summed E-state index contributed by atoms with van der Waals surface area (Å²) in [5.41, 5.74) is 4.73. The summed E-state index contributed by atoms with van der Waals surface area (Å²) in [6.45, 7) is 7.98. The van der Waals surface area contributed by atoms with E-state index in [9.17, 15) is 9.90 Å². The fourth-order valence-corrected chi connectivity index (χ4v) is 3.19. The third-order valence-electron chi connectivity index (χ3n) is 4.56. The van der Waals surface area contributed by atoms with E-state index in [1.54, 1.807) is 12.1 Å². The lowest BCUT2D eigenvalue weighted by atomic mass is 9.98. The summed E-state index contributed by atoms with van der Waals surface area (Å²) in [7, 11) is 0. The number of amides is 1. The van der Waals surface area contributed by atoms with Crippen molar-refractivity contribution in [1.82, 2.24) is 4.90 Å². The van der Waals surface area contributed by atoms with Crippen molar-refractivity contribution in [2.24, 2.45) is 0 Å². The number of anilines is 1. The zero-order chi connectivity index (χ0) is 18.8. The van der Waals surface area contributed by atoms with Gasteiger partial charge in [-0.1, -0.05) is 36.4 Å². The standard InChI is InChI=1S/C21H21ClN2O2/c1-13-7-8-16(22)11-19(13)21(26)23-20-6-4-5-17-15(3)24(14(2)12-25)10-9-18(17)20/h4-11,14,25H,3,12H2,1-2H3,(H,23,26). The van der Waals surface area contributed by atoms with Gasteiger partial charge < -0.3 is 15.3 Å². The van der Waals surface area contributed by atoms with Crippen LogP contribution < -0.4 is 5.32 Å². The highest BCUT2D eigenvalue weighted by Gasteiger charge is 2.22. The predicted molar refractivity (Wildman–Crippen MR) is 107 cm³/mol. The van der Waals surface area contributed by atoms with Gasteiger partial charge in [0.25, 0.3) is 5.91 Å². The number of benzene rings is 2. The lowest BCUT2D eigenvalue weighted by Crippen LogP contribution is -2.31. The van der Waals surface area contributed by atoms with E-state index < -0.39 is 0 Å². The normalized spacial score (nSPS) is 14.2. The van der Waals surface area contributed by atoms with Crippen molar-refractivity contribution in [2.45, 2.75) is 19.9 Å². The Hall–Kier alpha value is -2.56. The van der Waals surface area contributed by atoms with E-state index in [2.05, 4.69) is 11.9 Å². The molecular weight excluding hydrogens is 348 g/mol. The molecule has 1 aliphatic rings. The van der Waals surface area contributed by atoms with Gasteiger partial charge in [-0.25, -0.2) is 0 Å². The number of nitrogens with zero attached hydrogens (tertiary/aromatic N) is 1. The van der Waals surface area contributed by atoms with Crippen molar-refractivity contribution in [3.63, 3.8) is 0 Å². The van der Waals surface area contributed by atoms with Crippen LogP contribution in [0, 0.1) is 6.92 Å². The molecule has 0 aliphatic carbocycles. The number of hydrogen-bond acceptors (Lipinski definition) is 3. The lowest BCUT2D eigenvalue weighted by Gasteiger charge is -2.32. The van der Waals surface area contributed by atoms with Crippen LogP contribution in [0.5, 0.6) is 0 Å². The smallest absolute Gasteiger partial charge is 0.255 e. The first-order valence-electron chi connectivity index (χ1n) is 8.39. The van der Waals surface area contributed by atoms with Gasteiger partial charge in [0.1, 0.15) is 0 Å². The molecule has 26 heavy (non-hydrogen) atoms. The van der Waals surface area contributed by atoms with Crippen LogP contribution >= 0.6 is 11.6 Å². The van der Waals surface area contributed by atoms with Crippen molar-refractivity contribution < 1.29 is 9.90 Å². The van der Waals surface area contributed by atoms with Gasteiger partial charge in [0.15, 0.2) is 0 Å². The lowest BCUT2D eigenvalue weighted by molar-refractivity contribution is 0.102. The number of nitrogens with one attached hydrogen (secondary N) is 1. The Balaban J connectivity index is 1.93. The second-order valence-corrected chi connectivity index (χ2v) is 6.82. The molecule has 1 amide bonds. The maximum atomic E-state index is 12.7. The summed E-state index contributed by atoms with van der Waals surface area (Å²) in [6.07, 6.45) is 3.81. The minimum absolute atomic E-state index is 0.0309. The molecule has 2 aromatic rings. The van der Waals surface area contributed by atoms with Gasteiger partial charge in [0.05, 0.1) is 12.6 Å². The fourth-order valence-electron chi connectivity index (χ4n) is 3.02. The molecule has 1 atom stereocenters. The highest BCUT2D eigenvalue weighted by atomic mass is 35.5. The zero-order valence-corrected chi connectivity index (χ0v) is 15.5. The number of hydrogen-bond donors (Lipinski definition) is 2. The van der Waals surface area contributed by atoms with E-state index >= 15 is 0 Å². The molecule has 134 valence electrons. The van der Waals surface area contributed by atoms with Gasteiger partial charge >= 0.3 is 0 Å². The quantitative estimate of drug-likeness (QED) is 0.833. The molecule has 0 spiro atoms. The Kier molecular flexibility index (Phi) is 5.16. The minimum atomic E-state index is -0.205. The second-order valence-electron chi connectivity index (χ2n) is 6.38. The van der Waals surface area contributed by atoms with Crippen molar-refractivity contribution in [1.29, 1.82) is 0 Å². The molecule has 0 saturated carbocycles. The van der Waals surface area contributed by atoms with Crippen LogP contribution in [-0.4, -0.2) is 28.6 Å². The predicted octanol–water partition coefficient (Wildman–Crippen LogP) is 4.54. The van der Waals surface area contributed by atoms with Crippen LogP contribution in [-0.2, 0) is 0 Å². The van der Waals surface area contributed by atoms with E-state index in [1.165, 1.54) is 0 Å². The number of aryl methyl sites for hydroxylation is 1. The van der Waals surface area contributed by atoms with Gasteiger partial charge in [-0.2, -0.15) is 0 Å². The molecule has 0 saturated heterocycles. The van der Waals surface area contributed by atoms with E-state index in [0.29, 0.717) is 16.3 Å². The highest BCUT2D eigenvalue weighted by molar-refractivity contribution is 6.31. The van der Waals surface area contributed by atoms with Gasteiger partial charge in [0.2, 0.25) is 0 Å². The first-order chi connectivity index (χ1) is 12.4. The van der Waals surface area contributed by atoms with Crippen LogP contribution in [0.3, 0.4) is 0 Å². The first-order valence-corrected chi connectivity index (χ1v) is 8.77. The summed E-state index contributed by atoms with van der Waals surface area (Å²) >= 11 is 6.03. The third-order valence-corrected chi connectivity index (χ3v) is 4.80. The monoisotopic (exact) mass is 368 g/mol. The van der Waals surface area contributed by atoms with Crippen molar-refractivity contribution >= 4 is 35.0 Å². The minimum Gasteiger partial charge on any atom is -0.394 e. The summed E-state index contributed by atoms with van der Waals surface area (Å²) in [6, 6.07) is 10.9. The molecule has 1 aliphatic heterocycles. The molecule has 0 radical (unpaired) electrons. The van der Waals surface area contributed by atoms with Gasteiger partial charge in [-0.05, 0) is 43.7 Å². The maximum Gasteiger partial charge on any atom is 0.255 e. The number of carbonyl (C=O) groups excluding carboxylic acids is 1. The Morgan fingerprint density at radius 1 is 1.35 bits per heavy atom. The molecular formula is C21H21ClN2O2. The molecule has 0 bridgehead atoms. The Bertz CT molecular complexity index is 905. The summed E-state index contributed by atoms with van der Waals surface area (Å²) < 4.78 is 0. The molecule has 1 heterocycles. The molecule has 2 N–H and O–H groups in total. The topological polar surface area (TPSA) is 52.6 Å². The number of fused-ring (bicyclic) bond motifs is 1. The number of aliphatic hydroxyl groups is 1. The molecule has 3 rings (SSSR count). The van der Waals surface area contributed by atoms with Crippen LogP contribution in [0.1, 0.15) is 34.0 Å². The number of rotatable bonds is 4. The van der Waals surface area contributed by atoms with Gasteiger partial charge in [-0.3, -0.25) is 4.79 Å². The molecule has 0 fully saturated rings. The molecule has 1 unspecified atom stereocenters. The van der Waals surface area contributed by atoms with E-state index in [0.717, 1.165) is 22.4 Å². The van der Waals surface area contributed by atoms with Gasteiger partial charge in [-0.15, -0.1) is 0 Å². The Morgan fingerprint density at radius 3 is 2.85 bits per heavy atom. The largest absolute Gasteiger partial charge is 0.394 e. The third kappa shape index (κ3) is 3.39. The van der Waals surface area contributed by atoms with E-state index in [4.69, 9.17) is 11.6 Å². The fraction of sp³-hybridized carbons (Fsp3) is 0.190. The summed E-state index contributed by atoms with van der Waals surface area (Å²) in [5, 5.41) is 12.9. The van der Waals surface area contributed by atoms with Crippen LogP contribution in [0.2, 0.25) is 5.02 Å². The number of carbonyl (C=O) groups is 1. The van der Waals surface area contributed by atoms with Gasteiger partial charge in [0, 0.05) is 39.3 Å². The Labute approximate surface area is 158 Å².